The molecule has 1 aromatic carbocycles. The van der Waals surface area contributed by atoms with Crippen LogP contribution in [0.1, 0.15) is 27.7 Å². The predicted molar refractivity (Wildman–Crippen MR) is 124 cm³/mol. The molecule has 3 N–H and O–H groups in total. The fraction of sp³-hybridized carbons (Fsp3) is 0.429. The number of fused-ring (bicyclic) bond motifs is 1. The maximum atomic E-state index is 13.6. The number of carbonyl (C=O) groups excluding carboxylic acids is 1. The van der Waals surface area contributed by atoms with Gasteiger partial charge in [0.25, 0.3) is 0 Å². The number of imidazole rings is 1. The molecule has 2 heterocycles. The zero-order chi connectivity index (χ0) is 24.0. The van der Waals surface area contributed by atoms with Crippen molar-refractivity contribution < 1.29 is 23.4 Å². The Balaban J connectivity index is 1.70. The van der Waals surface area contributed by atoms with Crippen LogP contribution in [-0.4, -0.2) is 50.1 Å². The summed E-state index contributed by atoms with van der Waals surface area (Å²) < 4.78 is 32.2. The van der Waals surface area contributed by atoms with E-state index in [0.29, 0.717) is 29.3 Å². The molecular formula is C21H29N6O5P. The number of hydrogen-bond donors (Lipinski definition) is 2. The Morgan fingerprint density at radius 2 is 1.88 bits per heavy atom. The second-order valence-electron chi connectivity index (χ2n) is 7.85. The van der Waals surface area contributed by atoms with Gasteiger partial charge < -0.3 is 24.3 Å². The van der Waals surface area contributed by atoms with Crippen molar-refractivity contribution in [2.45, 2.75) is 52.5 Å². The molecule has 0 saturated carbocycles. The van der Waals surface area contributed by atoms with E-state index in [9.17, 15) is 9.36 Å². The highest BCUT2D eigenvalue weighted by Crippen LogP contribution is 2.44. The molecule has 3 rings (SSSR count). The summed E-state index contributed by atoms with van der Waals surface area (Å²) in [6, 6.07) is 7.83. The van der Waals surface area contributed by atoms with Crippen LogP contribution in [0.2, 0.25) is 0 Å². The number of nitrogens with zero attached hydrogens (tertiary/aromatic N) is 4. The number of carbonyl (C=O) groups is 1. The molecule has 0 saturated heterocycles. The Morgan fingerprint density at radius 3 is 2.58 bits per heavy atom. The molecule has 2 aromatic heterocycles. The summed E-state index contributed by atoms with van der Waals surface area (Å²) in [5, 5.41) is 2.78. The predicted octanol–water partition coefficient (Wildman–Crippen LogP) is 2.97. The third kappa shape index (κ3) is 6.74. The van der Waals surface area contributed by atoms with Crippen molar-refractivity contribution in [2.75, 3.05) is 12.1 Å². The number of anilines is 1. The highest BCUT2D eigenvalue weighted by atomic mass is 31.2. The average Bonchev–Trinajstić information content (AvgIpc) is 3.16. The molecule has 0 amide bonds. The average molecular weight is 476 g/mol. The molecular weight excluding hydrogens is 447 g/mol. The van der Waals surface area contributed by atoms with Gasteiger partial charge in [-0.05, 0) is 39.8 Å². The van der Waals surface area contributed by atoms with E-state index in [1.165, 1.54) is 6.33 Å². The second kappa shape index (κ2) is 10.7. The molecule has 3 aromatic rings. The fourth-order valence-corrected chi connectivity index (χ4v) is 4.80. The van der Waals surface area contributed by atoms with Gasteiger partial charge in [-0.25, -0.2) is 20.0 Å². The molecule has 3 atom stereocenters. The standard InChI is InChI=1S/C21H29N6O5P/c1-14(2)31-21(28)16(4)26-33(29,32-17-8-6-5-7-9-17)13-30-15(3)10-27-12-25-18-19(22)23-11-24-20(18)27/h5-9,11-12,14-16H,10,13H2,1-4H3,(H,26,29)(H2,22,23,24)/t15?,16?,33-/m1/s1. The minimum Gasteiger partial charge on any atom is -0.462 e. The first kappa shape index (κ1) is 24.6. The first-order valence-corrected chi connectivity index (χ1v) is 12.3. The monoisotopic (exact) mass is 476 g/mol. The zero-order valence-electron chi connectivity index (χ0n) is 19.0. The number of nitrogens with two attached hydrogens (primary N) is 1. The Bertz CT molecular complexity index is 1120. The van der Waals surface area contributed by atoms with E-state index < -0.39 is 19.5 Å². The Kier molecular flexibility index (Phi) is 8.01. The maximum Gasteiger partial charge on any atom is 0.342 e. The Morgan fingerprint density at radius 1 is 1.15 bits per heavy atom. The molecule has 2 unspecified atom stereocenters. The number of nitrogen functional groups attached to an aromatic ring is 1. The fourth-order valence-electron chi connectivity index (χ4n) is 3.01. The zero-order valence-corrected chi connectivity index (χ0v) is 19.9. The van der Waals surface area contributed by atoms with E-state index in [2.05, 4.69) is 20.0 Å². The number of esters is 1. The molecule has 11 nitrogen and oxygen atoms in total. The van der Waals surface area contributed by atoms with E-state index in [1.807, 2.05) is 13.0 Å². The Labute approximate surface area is 192 Å². The molecule has 0 aliphatic rings. The highest BCUT2D eigenvalue weighted by molar-refractivity contribution is 7.57. The Hall–Kier alpha value is -3.01. The van der Waals surface area contributed by atoms with Gasteiger partial charge in [0.1, 0.15) is 30.0 Å². The van der Waals surface area contributed by atoms with Gasteiger partial charge in [-0.1, -0.05) is 18.2 Å². The molecule has 0 aliphatic carbocycles. The van der Waals surface area contributed by atoms with Crippen molar-refractivity contribution in [1.82, 2.24) is 24.6 Å². The van der Waals surface area contributed by atoms with Crippen LogP contribution in [0, 0.1) is 0 Å². The smallest absolute Gasteiger partial charge is 0.342 e. The minimum absolute atomic E-state index is 0.272. The van der Waals surface area contributed by atoms with E-state index in [4.69, 9.17) is 19.7 Å². The summed E-state index contributed by atoms with van der Waals surface area (Å²) in [7, 11) is -3.64. The molecule has 0 bridgehead atoms. The molecule has 33 heavy (non-hydrogen) atoms. The second-order valence-corrected chi connectivity index (χ2v) is 9.89. The summed E-state index contributed by atoms with van der Waals surface area (Å²) in [6.45, 7) is 7.25. The van der Waals surface area contributed by atoms with Crippen molar-refractivity contribution in [3.63, 3.8) is 0 Å². The van der Waals surface area contributed by atoms with Crippen LogP contribution in [0.15, 0.2) is 43.0 Å². The van der Waals surface area contributed by atoms with Gasteiger partial charge in [-0.15, -0.1) is 0 Å². The van der Waals surface area contributed by atoms with Gasteiger partial charge in [0.2, 0.25) is 0 Å². The van der Waals surface area contributed by atoms with Crippen LogP contribution in [0.3, 0.4) is 0 Å². The van der Waals surface area contributed by atoms with Gasteiger partial charge in [0.05, 0.1) is 25.1 Å². The van der Waals surface area contributed by atoms with Crippen LogP contribution in [-0.2, 0) is 25.4 Å². The quantitative estimate of drug-likeness (QED) is 0.313. The number of aromatic nitrogens is 4. The number of benzene rings is 1. The SMILES string of the molecule is CC(C)OC(=O)C(C)N[P@@](=O)(COC(C)Cn1cnc2c(N)ncnc21)Oc1ccccc1. The van der Waals surface area contributed by atoms with Gasteiger partial charge >= 0.3 is 13.5 Å². The van der Waals surface area contributed by atoms with Crippen molar-refractivity contribution in [3.8, 4) is 5.75 Å². The van der Waals surface area contributed by atoms with Gasteiger partial charge in [-0.3, -0.25) is 9.36 Å². The maximum absolute atomic E-state index is 13.6. The van der Waals surface area contributed by atoms with E-state index in [0.717, 1.165) is 0 Å². The normalized spacial score (nSPS) is 15.2. The molecule has 0 spiro atoms. The lowest BCUT2D eigenvalue weighted by molar-refractivity contribution is -0.149. The molecule has 0 aliphatic heterocycles. The van der Waals surface area contributed by atoms with Crippen LogP contribution in [0.25, 0.3) is 11.2 Å². The van der Waals surface area contributed by atoms with Gasteiger partial charge in [0.15, 0.2) is 11.5 Å². The lowest BCUT2D eigenvalue weighted by Crippen LogP contribution is -2.37. The third-order valence-electron chi connectivity index (χ3n) is 4.50. The molecule has 0 radical (unpaired) electrons. The van der Waals surface area contributed by atoms with Crippen LogP contribution < -0.4 is 15.3 Å². The van der Waals surface area contributed by atoms with Crippen molar-refractivity contribution in [2.24, 2.45) is 0 Å². The number of nitrogens with one attached hydrogen (secondary N) is 1. The summed E-state index contributed by atoms with van der Waals surface area (Å²) in [5.74, 6) is 0.151. The lowest BCUT2D eigenvalue weighted by Gasteiger charge is -2.25. The third-order valence-corrected chi connectivity index (χ3v) is 6.28. The van der Waals surface area contributed by atoms with Crippen molar-refractivity contribution in [3.05, 3.63) is 43.0 Å². The topological polar surface area (TPSA) is 143 Å². The minimum atomic E-state index is -3.64. The van der Waals surface area contributed by atoms with Crippen LogP contribution in [0.4, 0.5) is 5.82 Å². The first-order valence-electron chi connectivity index (χ1n) is 10.5. The van der Waals surface area contributed by atoms with Crippen molar-refractivity contribution in [1.29, 1.82) is 0 Å². The lowest BCUT2D eigenvalue weighted by atomic mass is 10.3. The molecule has 178 valence electrons. The number of ether oxygens (including phenoxy) is 2. The number of rotatable bonds is 11. The summed E-state index contributed by atoms with van der Waals surface area (Å²) in [5.41, 5.74) is 6.91. The highest BCUT2D eigenvalue weighted by Gasteiger charge is 2.32. The van der Waals surface area contributed by atoms with E-state index >= 15 is 0 Å². The van der Waals surface area contributed by atoms with Crippen LogP contribution in [0.5, 0.6) is 5.75 Å². The van der Waals surface area contributed by atoms with Gasteiger partial charge in [-0.2, -0.15) is 0 Å². The van der Waals surface area contributed by atoms with E-state index in [1.54, 1.807) is 55.9 Å². The summed E-state index contributed by atoms with van der Waals surface area (Å²) in [4.78, 5) is 24.6. The summed E-state index contributed by atoms with van der Waals surface area (Å²) >= 11 is 0. The van der Waals surface area contributed by atoms with Crippen molar-refractivity contribution >= 4 is 30.5 Å². The van der Waals surface area contributed by atoms with Gasteiger partial charge in [0, 0.05) is 0 Å². The number of hydrogen-bond acceptors (Lipinski definition) is 9. The number of para-hydroxylation sites is 1. The molecule has 0 fully saturated rings. The van der Waals surface area contributed by atoms with Crippen LogP contribution >= 0.6 is 7.52 Å². The molecule has 12 heteroatoms. The largest absolute Gasteiger partial charge is 0.462 e. The first-order chi connectivity index (χ1) is 15.7. The van der Waals surface area contributed by atoms with E-state index in [-0.39, 0.29) is 18.6 Å². The summed E-state index contributed by atoms with van der Waals surface area (Å²) in [6.07, 6.45) is 2.01.